The van der Waals surface area contributed by atoms with Gasteiger partial charge in [0.15, 0.2) is 0 Å². The van der Waals surface area contributed by atoms with Gasteiger partial charge in [0.25, 0.3) is 0 Å². The highest BCUT2D eigenvalue weighted by molar-refractivity contribution is 7.89. The van der Waals surface area contributed by atoms with Gasteiger partial charge in [-0.1, -0.05) is 32.0 Å². The third kappa shape index (κ3) is 3.39. The monoisotopic (exact) mass is 281 g/mol. The molecule has 7 heteroatoms. The highest BCUT2D eigenvalue weighted by Gasteiger charge is 2.15. The molecule has 2 aromatic rings. The molecule has 1 aromatic heterocycles. The van der Waals surface area contributed by atoms with Crippen molar-refractivity contribution in [1.82, 2.24) is 14.9 Å². The molecule has 0 spiro atoms. The van der Waals surface area contributed by atoms with Crippen molar-refractivity contribution in [3.8, 4) is 0 Å². The lowest BCUT2D eigenvalue weighted by Gasteiger charge is -2.03. The summed E-state index contributed by atoms with van der Waals surface area (Å²) in [5.74, 6) is 0.865. The quantitative estimate of drug-likeness (QED) is 0.901. The number of aromatic nitrogens is 2. The van der Waals surface area contributed by atoms with Crippen molar-refractivity contribution < 1.29 is 12.8 Å². The molecule has 0 saturated carbocycles. The van der Waals surface area contributed by atoms with E-state index in [1.807, 2.05) is 13.8 Å². The lowest BCUT2D eigenvalue weighted by Crippen LogP contribution is -2.23. The zero-order valence-electron chi connectivity index (χ0n) is 10.7. The zero-order chi connectivity index (χ0) is 13.9. The summed E-state index contributed by atoms with van der Waals surface area (Å²) in [6, 6.07) is 8.13. The van der Waals surface area contributed by atoms with Gasteiger partial charge in [0, 0.05) is 5.92 Å². The molecule has 0 fully saturated rings. The van der Waals surface area contributed by atoms with Crippen molar-refractivity contribution >= 4 is 10.0 Å². The van der Waals surface area contributed by atoms with Crippen LogP contribution in [0.2, 0.25) is 0 Å². The molecule has 1 heterocycles. The molecule has 0 atom stereocenters. The van der Waals surface area contributed by atoms with Crippen LogP contribution in [0.25, 0.3) is 0 Å². The summed E-state index contributed by atoms with van der Waals surface area (Å²) in [6.45, 7) is 3.83. The Labute approximate surface area is 111 Å². The second-order valence-corrected chi connectivity index (χ2v) is 6.09. The highest BCUT2D eigenvalue weighted by atomic mass is 32.2. The maximum atomic E-state index is 11.9. The van der Waals surface area contributed by atoms with Gasteiger partial charge in [0.05, 0.1) is 11.4 Å². The Hall–Kier alpha value is -1.73. The lowest BCUT2D eigenvalue weighted by atomic mass is 10.2. The fraction of sp³-hybridized carbons (Fsp3) is 0.333. The fourth-order valence-electron chi connectivity index (χ4n) is 1.41. The minimum Gasteiger partial charge on any atom is -0.424 e. The average molecular weight is 281 g/mol. The number of hydrogen-bond acceptors (Lipinski definition) is 5. The van der Waals surface area contributed by atoms with Crippen LogP contribution in [0.4, 0.5) is 0 Å². The van der Waals surface area contributed by atoms with Gasteiger partial charge >= 0.3 is 0 Å². The number of rotatable bonds is 5. The Morgan fingerprint density at radius 3 is 2.47 bits per heavy atom. The van der Waals surface area contributed by atoms with Crippen LogP contribution in [0.3, 0.4) is 0 Å². The molecule has 6 nitrogen and oxygen atoms in total. The second kappa shape index (κ2) is 5.50. The van der Waals surface area contributed by atoms with Crippen molar-refractivity contribution in [3.05, 3.63) is 42.1 Å². The van der Waals surface area contributed by atoms with Crippen molar-refractivity contribution in [2.75, 3.05) is 0 Å². The molecule has 0 unspecified atom stereocenters. The predicted molar refractivity (Wildman–Crippen MR) is 68.9 cm³/mol. The number of nitrogens with zero attached hydrogens (tertiary/aromatic N) is 2. The Morgan fingerprint density at radius 2 is 1.89 bits per heavy atom. The van der Waals surface area contributed by atoms with Crippen LogP contribution in [0.15, 0.2) is 39.6 Å². The van der Waals surface area contributed by atoms with E-state index in [1.54, 1.807) is 18.2 Å². The van der Waals surface area contributed by atoms with Crippen LogP contribution in [0.5, 0.6) is 0 Å². The van der Waals surface area contributed by atoms with Crippen molar-refractivity contribution in [2.45, 2.75) is 31.2 Å². The van der Waals surface area contributed by atoms with Gasteiger partial charge in [-0.05, 0) is 12.1 Å². The van der Waals surface area contributed by atoms with Gasteiger partial charge < -0.3 is 4.42 Å². The molecular formula is C12H15N3O3S. The molecule has 0 amide bonds. The SMILES string of the molecule is CC(C)c1nnc(CNS(=O)(=O)c2ccccc2)o1. The lowest BCUT2D eigenvalue weighted by molar-refractivity contribution is 0.427. The van der Waals surface area contributed by atoms with Gasteiger partial charge in [0.1, 0.15) is 0 Å². The average Bonchev–Trinajstić information content (AvgIpc) is 2.87. The molecule has 1 N–H and O–H groups in total. The molecule has 19 heavy (non-hydrogen) atoms. The van der Waals surface area contributed by atoms with Gasteiger partial charge in [-0.25, -0.2) is 13.1 Å². The van der Waals surface area contributed by atoms with Crippen LogP contribution < -0.4 is 4.72 Å². The summed E-state index contributed by atoms with van der Waals surface area (Å²) >= 11 is 0. The number of hydrogen-bond donors (Lipinski definition) is 1. The van der Waals surface area contributed by atoms with Crippen LogP contribution in [0.1, 0.15) is 31.5 Å². The van der Waals surface area contributed by atoms with E-state index < -0.39 is 10.0 Å². The second-order valence-electron chi connectivity index (χ2n) is 4.33. The summed E-state index contributed by atoms with van der Waals surface area (Å²) in [6.07, 6.45) is 0. The molecular weight excluding hydrogens is 266 g/mol. The Kier molecular flexibility index (Phi) is 3.96. The van der Waals surface area contributed by atoms with E-state index in [1.165, 1.54) is 12.1 Å². The summed E-state index contributed by atoms with van der Waals surface area (Å²) in [4.78, 5) is 0.207. The van der Waals surface area contributed by atoms with E-state index in [0.717, 1.165) is 0 Å². The molecule has 102 valence electrons. The molecule has 0 saturated heterocycles. The number of nitrogens with one attached hydrogen (secondary N) is 1. The molecule has 0 bridgehead atoms. The molecule has 0 aliphatic rings. The third-order valence-electron chi connectivity index (χ3n) is 2.44. The van der Waals surface area contributed by atoms with Gasteiger partial charge in [-0.3, -0.25) is 0 Å². The first-order valence-electron chi connectivity index (χ1n) is 5.86. The van der Waals surface area contributed by atoms with Crippen molar-refractivity contribution in [3.63, 3.8) is 0 Å². The molecule has 0 aliphatic carbocycles. The van der Waals surface area contributed by atoms with Crippen LogP contribution in [-0.2, 0) is 16.6 Å². The van der Waals surface area contributed by atoms with E-state index in [2.05, 4.69) is 14.9 Å². The first-order valence-corrected chi connectivity index (χ1v) is 7.34. The molecule has 1 aromatic carbocycles. The predicted octanol–water partition coefficient (Wildman–Crippen LogP) is 1.67. The maximum Gasteiger partial charge on any atom is 0.241 e. The van der Waals surface area contributed by atoms with Gasteiger partial charge in [-0.15, -0.1) is 10.2 Å². The maximum absolute atomic E-state index is 11.9. The van der Waals surface area contributed by atoms with Crippen LogP contribution in [-0.4, -0.2) is 18.6 Å². The minimum atomic E-state index is -3.55. The van der Waals surface area contributed by atoms with Crippen LogP contribution >= 0.6 is 0 Å². The van der Waals surface area contributed by atoms with Gasteiger partial charge in [-0.2, -0.15) is 0 Å². The number of benzene rings is 1. The Bertz CT molecular complexity index is 635. The van der Waals surface area contributed by atoms with E-state index in [-0.39, 0.29) is 23.2 Å². The summed E-state index contributed by atoms with van der Waals surface area (Å²) < 4.78 is 31.6. The normalized spacial score (nSPS) is 11.9. The van der Waals surface area contributed by atoms with Crippen LogP contribution in [0, 0.1) is 0 Å². The van der Waals surface area contributed by atoms with Crippen molar-refractivity contribution in [1.29, 1.82) is 0 Å². The topological polar surface area (TPSA) is 85.1 Å². The molecule has 0 radical (unpaired) electrons. The van der Waals surface area contributed by atoms with E-state index in [9.17, 15) is 8.42 Å². The van der Waals surface area contributed by atoms with E-state index in [0.29, 0.717) is 5.89 Å². The summed E-state index contributed by atoms with van der Waals surface area (Å²) in [5.41, 5.74) is 0. The molecule has 2 rings (SSSR count). The summed E-state index contributed by atoms with van der Waals surface area (Å²) in [5, 5.41) is 7.63. The minimum absolute atomic E-state index is 0.0169. The Balaban J connectivity index is 2.06. The standard InChI is InChI=1S/C12H15N3O3S/c1-9(2)12-15-14-11(18-12)8-13-19(16,17)10-6-4-3-5-7-10/h3-7,9,13H,8H2,1-2H3. The molecule has 0 aliphatic heterocycles. The smallest absolute Gasteiger partial charge is 0.241 e. The Morgan fingerprint density at radius 1 is 1.21 bits per heavy atom. The fourth-order valence-corrected chi connectivity index (χ4v) is 2.41. The zero-order valence-corrected chi connectivity index (χ0v) is 11.5. The number of sulfonamides is 1. The largest absolute Gasteiger partial charge is 0.424 e. The highest BCUT2D eigenvalue weighted by Crippen LogP contribution is 2.13. The van der Waals surface area contributed by atoms with E-state index >= 15 is 0 Å². The summed E-state index contributed by atoms with van der Waals surface area (Å²) in [7, 11) is -3.55. The first kappa shape index (κ1) is 13.7. The van der Waals surface area contributed by atoms with E-state index in [4.69, 9.17) is 4.42 Å². The van der Waals surface area contributed by atoms with Crippen molar-refractivity contribution in [2.24, 2.45) is 0 Å². The first-order chi connectivity index (χ1) is 8.99. The van der Waals surface area contributed by atoms with Gasteiger partial charge in [0.2, 0.25) is 21.8 Å². The third-order valence-corrected chi connectivity index (χ3v) is 3.86.